The van der Waals surface area contributed by atoms with Crippen LogP contribution in [-0.4, -0.2) is 9.97 Å². The summed E-state index contributed by atoms with van der Waals surface area (Å²) in [5, 5.41) is 9.86. The van der Waals surface area contributed by atoms with E-state index in [4.69, 9.17) is 9.97 Å². The highest BCUT2D eigenvalue weighted by atomic mass is 32.1. The van der Waals surface area contributed by atoms with Gasteiger partial charge in [-0.1, -0.05) is 127 Å². The van der Waals surface area contributed by atoms with Gasteiger partial charge >= 0.3 is 0 Å². The molecule has 0 unspecified atom stereocenters. The van der Waals surface area contributed by atoms with Crippen molar-refractivity contribution >= 4 is 63.8 Å². The van der Waals surface area contributed by atoms with E-state index >= 15 is 0 Å². The number of fused-ring (bicyclic) bond motifs is 7. The molecule has 0 radical (unpaired) electrons. The Hall–Kier alpha value is -5.38. The van der Waals surface area contributed by atoms with Crippen molar-refractivity contribution in [2.24, 2.45) is 0 Å². The average Bonchev–Trinajstić information content (AvgIpc) is 3.46. The van der Waals surface area contributed by atoms with Crippen LogP contribution in [-0.2, 0) is 0 Å². The Bertz CT molecular complexity index is 2510. The molecule has 0 saturated heterocycles. The highest BCUT2D eigenvalue weighted by Gasteiger charge is 2.18. The summed E-state index contributed by atoms with van der Waals surface area (Å²) in [5.41, 5.74) is 5.14. The Morgan fingerprint density at radius 1 is 0.419 bits per heavy atom. The summed E-state index contributed by atoms with van der Waals surface area (Å²) in [5.74, 6) is 0.730. The molecular formula is C40H24N2S. The van der Waals surface area contributed by atoms with Gasteiger partial charge in [0.25, 0.3) is 0 Å². The van der Waals surface area contributed by atoms with Gasteiger partial charge in [0.2, 0.25) is 0 Å². The smallest absolute Gasteiger partial charge is 0.160 e. The topological polar surface area (TPSA) is 25.8 Å². The van der Waals surface area contributed by atoms with E-state index in [9.17, 15) is 0 Å². The van der Waals surface area contributed by atoms with Crippen LogP contribution in [0.3, 0.4) is 0 Å². The normalized spacial score (nSPS) is 11.7. The molecule has 43 heavy (non-hydrogen) atoms. The quantitative estimate of drug-likeness (QED) is 0.158. The van der Waals surface area contributed by atoms with E-state index in [1.807, 2.05) is 17.4 Å². The number of aromatic nitrogens is 2. The Kier molecular flexibility index (Phi) is 5.40. The minimum absolute atomic E-state index is 0.730. The molecule has 0 aliphatic heterocycles. The first-order valence-electron chi connectivity index (χ1n) is 14.5. The lowest BCUT2D eigenvalue weighted by molar-refractivity contribution is 1.19. The first-order valence-corrected chi connectivity index (χ1v) is 15.3. The lowest BCUT2D eigenvalue weighted by atomic mass is 9.91. The maximum absolute atomic E-state index is 5.29. The van der Waals surface area contributed by atoms with Crippen molar-refractivity contribution in [3.8, 4) is 33.9 Å². The molecule has 0 amide bonds. The maximum Gasteiger partial charge on any atom is 0.160 e. The van der Waals surface area contributed by atoms with E-state index in [1.54, 1.807) is 0 Å². The molecular weight excluding hydrogens is 541 g/mol. The molecule has 0 spiro atoms. The minimum atomic E-state index is 0.730. The Morgan fingerprint density at radius 3 is 2.00 bits per heavy atom. The van der Waals surface area contributed by atoms with Gasteiger partial charge in [0.1, 0.15) is 0 Å². The summed E-state index contributed by atoms with van der Waals surface area (Å²) >= 11 is 1.83. The van der Waals surface area contributed by atoms with Crippen LogP contribution in [0.25, 0.3) is 86.4 Å². The number of thiophene rings is 1. The highest BCUT2D eigenvalue weighted by molar-refractivity contribution is 7.26. The molecule has 0 N–H and O–H groups in total. The summed E-state index contributed by atoms with van der Waals surface area (Å²) in [6.45, 7) is 0. The van der Waals surface area contributed by atoms with Gasteiger partial charge in [-0.3, -0.25) is 0 Å². The van der Waals surface area contributed by atoms with Crippen LogP contribution in [0, 0.1) is 0 Å². The van der Waals surface area contributed by atoms with Crippen molar-refractivity contribution in [1.82, 2.24) is 9.97 Å². The van der Waals surface area contributed by atoms with Gasteiger partial charge in [0.05, 0.1) is 11.4 Å². The summed E-state index contributed by atoms with van der Waals surface area (Å²) in [6.07, 6.45) is 0. The highest BCUT2D eigenvalue weighted by Crippen LogP contribution is 2.43. The van der Waals surface area contributed by atoms with Crippen LogP contribution < -0.4 is 0 Å². The molecule has 0 saturated carbocycles. The Morgan fingerprint density at radius 2 is 1.12 bits per heavy atom. The summed E-state index contributed by atoms with van der Waals surface area (Å²) < 4.78 is 2.54. The Labute approximate surface area is 252 Å². The molecule has 9 aromatic rings. The third kappa shape index (κ3) is 3.86. The van der Waals surface area contributed by atoms with Crippen molar-refractivity contribution < 1.29 is 0 Å². The van der Waals surface area contributed by atoms with Crippen LogP contribution in [0.4, 0.5) is 0 Å². The third-order valence-corrected chi connectivity index (χ3v) is 9.68. The maximum atomic E-state index is 5.29. The molecule has 2 aromatic heterocycles. The second-order valence-electron chi connectivity index (χ2n) is 11.0. The summed E-state index contributed by atoms with van der Waals surface area (Å²) in [6, 6.07) is 51.9. The molecule has 0 fully saturated rings. The average molecular weight is 565 g/mol. The first-order chi connectivity index (χ1) is 21.3. The predicted molar refractivity (Wildman–Crippen MR) is 184 cm³/mol. The molecule has 9 rings (SSSR count). The van der Waals surface area contributed by atoms with Gasteiger partial charge in [-0.15, -0.1) is 11.3 Å². The first kappa shape index (κ1) is 24.2. The zero-order valence-corrected chi connectivity index (χ0v) is 24.0. The fourth-order valence-corrected chi connectivity index (χ4v) is 7.70. The van der Waals surface area contributed by atoms with Crippen LogP contribution in [0.1, 0.15) is 0 Å². The molecule has 7 aromatic carbocycles. The van der Waals surface area contributed by atoms with Gasteiger partial charge in [-0.05, 0) is 50.5 Å². The molecule has 2 heterocycles. The van der Waals surface area contributed by atoms with E-state index in [2.05, 4.69) is 140 Å². The van der Waals surface area contributed by atoms with Gasteiger partial charge in [0, 0.05) is 36.9 Å². The lowest BCUT2D eigenvalue weighted by Gasteiger charge is -2.15. The molecule has 2 nitrogen and oxygen atoms in total. The van der Waals surface area contributed by atoms with Crippen LogP contribution >= 0.6 is 11.3 Å². The Balaban J connectivity index is 1.40. The monoisotopic (exact) mass is 564 g/mol. The number of hydrogen-bond acceptors (Lipinski definition) is 3. The van der Waals surface area contributed by atoms with Crippen molar-refractivity contribution in [2.45, 2.75) is 0 Å². The van der Waals surface area contributed by atoms with Gasteiger partial charge in [-0.2, -0.15) is 0 Å². The second-order valence-corrected chi connectivity index (χ2v) is 12.0. The molecule has 0 aliphatic rings. The molecule has 0 bridgehead atoms. The number of benzene rings is 7. The zero-order valence-electron chi connectivity index (χ0n) is 23.2. The summed E-state index contributed by atoms with van der Waals surface area (Å²) in [4.78, 5) is 10.5. The molecule has 200 valence electrons. The van der Waals surface area contributed by atoms with E-state index < -0.39 is 0 Å². The van der Waals surface area contributed by atoms with Crippen molar-refractivity contribution in [1.29, 1.82) is 0 Å². The van der Waals surface area contributed by atoms with Crippen molar-refractivity contribution in [3.63, 3.8) is 0 Å². The van der Waals surface area contributed by atoms with Gasteiger partial charge < -0.3 is 0 Å². The zero-order chi connectivity index (χ0) is 28.3. The minimum Gasteiger partial charge on any atom is -0.228 e. The van der Waals surface area contributed by atoms with E-state index in [0.29, 0.717) is 0 Å². The van der Waals surface area contributed by atoms with Gasteiger partial charge in [-0.25, -0.2) is 9.97 Å². The third-order valence-electron chi connectivity index (χ3n) is 8.46. The van der Waals surface area contributed by atoms with Crippen LogP contribution in [0.5, 0.6) is 0 Å². The fraction of sp³-hybridized carbons (Fsp3) is 0. The largest absolute Gasteiger partial charge is 0.228 e. The fourth-order valence-electron chi connectivity index (χ4n) is 6.47. The second kappa shape index (κ2) is 9.59. The predicted octanol–water partition coefficient (Wildman–Crippen LogP) is 11.3. The van der Waals surface area contributed by atoms with Crippen LogP contribution in [0.15, 0.2) is 146 Å². The standard InChI is InChI=1S/C40H24N2S/c1-2-12-26(13-3-1)40-41-35(33-19-10-18-32-30-17-8-9-20-37(30)43-39(32)33)24-36(42-40)38-29-16-7-5-14-27(29)23-34-28-15-6-4-11-25(28)21-22-31(34)38/h1-24H. The SMILES string of the molecule is c1ccc(-c2nc(-c3c4ccccc4cc4c3ccc3ccccc34)cc(-c3cccc4c3sc3ccccc34)n2)cc1. The van der Waals surface area contributed by atoms with E-state index in [1.165, 1.54) is 52.5 Å². The van der Waals surface area contributed by atoms with Crippen LogP contribution in [0.2, 0.25) is 0 Å². The number of hydrogen-bond donors (Lipinski definition) is 0. The molecule has 0 atom stereocenters. The van der Waals surface area contributed by atoms with E-state index in [-0.39, 0.29) is 0 Å². The van der Waals surface area contributed by atoms with E-state index in [0.717, 1.165) is 33.9 Å². The summed E-state index contributed by atoms with van der Waals surface area (Å²) in [7, 11) is 0. The number of nitrogens with zero attached hydrogens (tertiary/aromatic N) is 2. The van der Waals surface area contributed by atoms with Gasteiger partial charge in [0.15, 0.2) is 5.82 Å². The molecule has 0 aliphatic carbocycles. The number of rotatable bonds is 3. The van der Waals surface area contributed by atoms with Crippen molar-refractivity contribution in [2.75, 3.05) is 0 Å². The lowest BCUT2D eigenvalue weighted by Crippen LogP contribution is -1.97. The molecule has 3 heteroatoms. The van der Waals surface area contributed by atoms with Crippen molar-refractivity contribution in [3.05, 3.63) is 146 Å².